The van der Waals surface area contributed by atoms with Gasteiger partial charge in [-0.2, -0.15) is 13.2 Å². The van der Waals surface area contributed by atoms with Gasteiger partial charge in [-0.3, -0.25) is 4.99 Å². The number of hydrogen-bond donors (Lipinski definition) is 2. The SMILES string of the molecule is CN=C(NCc1ccc(F)cc1C(F)(F)F)NCC1CCCN1C. The highest BCUT2D eigenvalue weighted by Gasteiger charge is 2.33. The molecule has 0 bridgehead atoms. The lowest BCUT2D eigenvalue weighted by molar-refractivity contribution is -0.138. The maximum Gasteiger partial charge on any atom is 0.416 e. The molecular formula is C16H22F4N4. The first kappa shape index (κ1) is 18.5. The number of halogens is 4. The van der Waals surface area contributed by atoms with Gasteiger partial charge in [0.15, 0.2) is 5.96 Å². The number of nitrogens with one attached hydrogen (secondary N) is 2. The van der Waals surface area contributed by atoms with Crippen LogP contribution in [0.15, 0.2) is 23.2 Å². The molecule has 1 heterocycles. The molecule has 0 amide bonds. The van der Waals surface area contributed by atoms with E-state index in [-0.39, 0.29) is 12.1 Å². The predicted octanol–water partition coefficient (Wildman–Crippen LogP) is 2.60. The zero-order valence-electron chi connectivity index (χ0n) is 13.8. The van der Waals surface area contributed by atoms with E-state index in [1.807, 2.05) is 7.05 Å². The van der Waals surface area contributed by atoms with Crippen molar-refractivity contribution in [2.24, 2.45) is 4.99 Å². The highest BCUT2D eigenvalue weighted by Crippen LogP contribution is 2.32. The van der Waals surface area contributed by atoms with E-state index in [1.54, 1.807) is 7.05 Å². The van der Waals surface area contributed by atoms with E-state index in [0.29, 0.717) is 24.6 Å². The second-order valence-corrected chi connectivity index (χ2v) is 5.88. The molecule has 1 aliphatic rings. The van der Waals surface area contributed by atoms with Crippen LogP contribution in [0.4, 0.5) is 17.6 Å². The Balaban J connectivity index is 1.96. The van der Waals surface area contributed by atoms with Crippen LogP contribution in [0.2, 0.25) is 0 Å². The lowest BCUT2D eigenvalue weighted by Gasteiger charge is -2.21. The van der Waals surface area contributed by atoms with Gasteiger partial charge in [0.2, 0.25) is 0 Å². The van der Waals surface area contributed by atoms with Gasteiger partial charge < -0.3 is 15.5 Å². The summed E-state index contributed by atoms with van der Waals surface area (Å²) in [5.74, 6) is -0.481. The minimum absolute atomic E-state index is 0.0233. The van der Waals surface area contributed by atoms with Crippen LogP contribution in [0.3, 0.4) is 0 Å². The van der Waals surface area contributed by atoms with E-state index < -0.39 is 17.6 Å². The summed E-state index contributed by atoms with van der Waals surface area (Å²) in [6.07, 6.45) is -2.38. The lowest BCUT2D eigenvalue weighted by atomic mass is 10.1. The molecule has 0 saturated carbocycles. The van der Waals surface area contributed by atoms with Gasteiger partial charge in [-0.15, -0.1) is 0 Å². The fourth-order valence-corrected chi connectivity index (χ4v) is 2.82. The van der Waals surface area contributed by atoms with Crippen molar-refractivity contribution in [2.45, 2.75) is 31.6 Å². The van der Waals surface area contributed by atoms with Crippen molar-refractivity contribution in [1.29, 1.82) is 0 Å². The zero-order chi connectivity index (χ0) is 17.7. The Morgan fingerprint density at radius 3 is 2.67 bits per heavy atom. The molecule has 4 nitrogen and oxygen atoms in total. The minimum atomic E-state index is -4.59. The van der Waals surface area contributed by atoms with Gasteiger partial charge in [0.1, 0.15) is 5.82 Å². The van der Waals surface area contributed by atoms with Gasteiger partial charge >= 0.3 is 6.18 Å². The summed E-state index contributed by atoms with van der Waals surface area (Å²) in [7, 11) is 3.60. The number of likely N-dealkylation sites (tertiary alicyclic amines) is 1. The fourth-order valence-electron chi connectivity index (χ4n) is 2.82. The molecule has 0 radical (unpaired) electrons. The van der Waals surface area contributed by atoms with Gasteiger partial charge in [-0.1, -0.05) is 6.07 Å². The van der Waals surface area contributed by atoms with Gasteiger partial charge in [0.05, 0.1) is 5.56 Å². The van der Waals surface area contributed by atoms with Gasteiger partial charge in [-0.25, -0.2) is 4.39 Å². The van der Waals surface area contributed by atoms with Crippen molar-refractivity contribution in [3.63, 3.8) is 0 Å². The lowest BCUT2D eigenvalue weighted by Crippen LogP contribution is -2.43. The molecule has 1 aliphatic heterocycles. The number of benzene rings is 1. The zero-order valence-corrected chi connectivity index (χ0v) is 13.8. The van der Waals surface area contributed by atoms with Crippen molar-refractivity contribution in [1.82, 2.24) is 15.5 Å². The molecule has 1 aromatic carbocycles. The van der Waals surface area contributed by atoms with Crippen molar-refractivity contribution in [3.05, 3.63) is 35.1 Å². The third kappa shape index (κ3) is 4.83. The number of alkyl halides is 3. The largest absolute Gasteiger partial charge is 0.416 e. The quantitative estimate of drug-likeness (QED) is 0.500. The summed E-state index contributed by atoms with van der Waals surface area (Å²) in [6, 6.07) is 3.07. The van der Waals surface area contributed by atoms with Crippen LogP contribution in [0, 0.1) is 5.82 Å². The van der Waals surface area contributed by atoms with Crippen LogP contribution < -0.4 is 10.6 Å². The van der Waals surface area contributed by atoms with Crippen molar-refractivity contribution < 1.29 is 17.6 Å². The Morgan fingerprint density at radius 1 is 1.33 bits per heavy atom. The fraction of sp³-hybridized carbons (Fsp3) is 0.562. The van der Waals surface area contributed by atoms with Crippen molar-refractivity contribution in [2.75, 3.05) is 27.2 Å². The smallest absolute Gasteiger partial charge is 0.355 e. The molecular weight excluding hydrogens is 324 g/mol. The molecule has 1 aromatic rings. The first-order valence-corrected chi connectivity index (χ1v) is 7.81. The molecule has 24 heavy (non-hydrogen) atoms. The van der Waals surface area contributed by atoms with E-state index in [1.165, 1.54) is 0 Å². The summed E-state index contributed by atoms with van der Waals surface area (Å²) in [4.78, 5) is 6.26. The maximum absolute atomic E-state index is 13.1. The van der Waals surface area contributed by atoms with E-state index in [2.05, 4.69) is 20.5 Å². The number of guanidine groups is 1. The highest BCUT2D eigenvalue weighted by molar-refractivity contribution is 5.79. The Morgan fingerprint density at radius 2 is 2.08 bits per heavy atom. The normalized spacial score (nSPS) is 19.6. The number of hydrogen-bond acceptors (Lipinski definition) is 2. The van der Waals surface area contributed by atoms with Crippen LogP contribution in [-0.2, 0) is 12.7 Å². The van der Waals surface area contributed by atoms with Crippen LogP contribution in [0.25, 0.3) is 0 Å². The van der Waals surface area contributed by atoms with E-state index >= 15 is 0 Å². The highest BCUT2D eigenvalue weighted by atomic mass is 19.4. The topological polar surface area (TPSA) is 39.7 Å². The average molecular weight is 346 g/mol. The minimum Gasteiger partial charge on any atom is -0.355 e. The van der Waals surface area contributed by atoms with Gasteiger partial charge in [0, 0.05) is 26.2 Å². The molecule has 1 saturated heterocycles. The first-order chi connectivity index (χ1) is 11.3. The van der Waals surface area contributed by atoms with Gasteiger partial charge in [-0.05, 0) is 44.1 Å². The van der Waals surface area contributed by atoms with Gasteiger partial charge in [0.25, 0.3) is 0 Å². The Kier molecular flexibility index (Phi) is 6.04. The number of likely N-dealkylation sites (N-methyl/N-ethyl adjacent to an activating group) is 1. The molecule has 0 aliphatic carbocycles. The number of nitrogens with zero attached hydrogens (tertiary/aromatic N) is 2. The molecule has 0 spiro atoms. The molecule has 1 atom stereocenters. The van der Waals surface area contributed by atoms with Crippen LogP contribution in [0.1, 0.15) is 24.0 Å². The Hall–Kier alpha value is -1.83. The van der Waals surface area contributed by atoms with Crippen molar-refractivity contribution >= 4 is 5.96 Å². The van der Waals surface area contributed by atoms with Crippen LogP contribution >= 0.6 is 0 Å². The third-order valence-corrected chi connectivity index (χ3v) is 4.22. The second kappa shape index (κ2) is 7.83. The van der Waals surface area contributed by atoms with E-state index in [0.717, 1.165) is 31.5 Å². The molecule has 2 rings (SSSR count). The Bertz CT molecular complexity index is 586. The molecule has 8 heteroatoms. The van der Waals surface area contributed by atoms with Crippen LogP contribution in [0.5, 0.6) is 0 Å². The molecule has 134 valence electrons. The monoisotopic (exact) mass is 346 g/mol. The molecule has 0 aromatic heterocycles. The summed E-state index contributed by atoms with van der Waals surface area (Å²) < 4.78 is 52.1. The second-order valence-electron chi connectivity index (χ2n) is 5.88. The summed E-state index contributed by atoms with van der Waals surface area (Å²) in [6.45, 7) is 1.63. The molecule has 1 fully saturated rings. The summed E-state index contributed by atoms with van der Waals surface area (Å²) in [5.41, 5.74) is -0.995. The third-order valence-electron chi connectivity index (χ3n) is 4.22. The maximum atomic E-state index is 13.1. The standard InChI is InChI=1S/C16H22F4N4/c1-21-15(23-10-13-4-3-7-24(13)2)22-9-11-5-6-12(17)8-14(11)16(18,19)20/h5-6,8,13H,3-4,7,9-10H2,1-2H3,(H2,21,22,23). The predicted molar refractivity (Wildman–Crippen MR) is 85.3 cm³/mol. The summed E-state index contributed by atoms with van der Waals surface area (Å²) >= 11 is 0. The number of rotatable bonds is 4. The van der Waals surface area contributed by atoms with Crippen LogP contribution in [-0.4, -0.2) is 44.1 Å². The average Bonchev–Trinajstić information content (AvgIpc) is 2.93. The van der Waals surface area contributed by atoms with E-state index in [9.17, 15) is 17.6 Å². The van der Waals surface area contributed by atoms with Crippen molar-refractivity contribution in [3.8, 4) is 0 Å². The summed E-state index contributed by atoms with van der Waals surface area (Å²) in [5, 5.41) is 5.98. The molecule has 1 unspecified atom stereocenters. The van der Waals surface area contributed by atoms with E-state index in [4.69, 9.17) is 0 Å². The number of aliphatic imine (C=N–C) groups is 1. The Labute approximate surface area is 138 Å². The molecule has 2 N–H and O–H groups in total. The first-order valence-electron chi connectivity index (χ1n) is 7.81.